The molecule has 0 N–H and O–H groups in total. The Morgan fingerprint density at radius 3 is 2.38 bits per heavy atom. The van der Waals surface area contributed by atoms with Crippen LogP contribution in [0.3, 0.4) is 0 Å². The van der Waals surface area contributed by atoms with Gasteiger partial charge in [-0.1, -0.05) is 29.0 Å². The first-order valence-electron chi connectivity index (χ1n) is 7.89. The quantitative estimate of drug-likeness (QED) is 0.661. The maximum Gasteiger partial charge on any atom is 0.279 e. The summed E-state index contributed by atoms with van der Waals surface area (Å²) in [6.07, 6.45) is 0. The van der Waals surface area contributed by atoms with Gasteiger partial charge in [-0.15, -0.1) is 0 Å². The summed E-state index contributed by atoms with van der Waals surface area (Å²) in [5.41, 5.74) is 1.15. The average Bonchev–Trinajstić information content (AvgIpc) is 2.92. The summed E-state index contributed by atoms with van der Waals surface area (Å²) in [5.74, 6) is -0.434. The van der Waals surface area contributed by atoms with E-state index in [9.17, 15) is 13.2 Å². The molecule has 0 radical (unpaired) electrons. The van der Waals surface area contributed by atoms with Crippen LogP contribution in [0.25, 0.3) is 10.2 Å². The van der Waals surface area contributed by atoms with Crippen molar-refractivity contribution in [1.82, 2.24) is 4.57 Å². The minimum absolute atomic E-state index is 0.197. The van der Waals surface area contributed by atoms with Crippen molar-refractivity contribution in [3.63, 3.8) is 0 Å². The number of thiazole rings is 1. The largest absolute Gasteiger partial charge is 0.318 e. The summed E-state index contributed by atoms with van der Waals surface area (Å²) in [5, 5.41) is 0.0782. The van der Waals surface area contributed by atoms with E-state index in [1.54, 1.807) is 31.5 Å². The molecule has 8 heteroatoms. The summed E-state index contributed by atoms with van der Waals surface area (Å²) in [6, 6.07) is 11.4. The molecule has 1 aromatic heterocycles. The summed E-state index contributed by atoms with van der Waals surface area (Å²) >= 11 is 7.58. The van der Waals surface area contributed by atoms with E-state index in [1.165, 1.54) is 35.6 Å². The number of hydrogen-bond acceptors (Lipinski definition) is 4. The van der Waals surface area contributed by atoms with Crippen LogP contribution in [-0.4, -0.2) is 24.1 Å². The van der Waals surface area contributed by atoms with E-state index in [-0.39, 0.29) is 4.90 Å². The Hall–Kier alpha value is -1.96. The van der Waals surface area contributed by atoms with E-state index in [4.69, 9.17) is 11.6 Å². The minimum Gasteiger partial charge on any atom is -0.318 e. The van der Waals surface area contributed by atoms with Crippen molar-refractivity contribution >= 4 is 48.9 Å². The summed E-state index contributed by atoms with van der Waals surface area (Å²) < 4.78 is 27.0. The van der Waals surface area contributed by atoms with Crippen molar-refractivity contribution < 1.29 is 13.2 Å². The minimum atomic E-state index is -3.37. The average molecular weight is 409 g/mol. The Kier molecular flexibility index (Phi) is 5.05. The number of rotatable bonds is 3. The van der Waals surface area contributed by atoms with E-state index >= 15 is 0 Å². The Morgan fingerprint density at radius 1 is 1.15 bits per heavy atom. The van der Waals surface area contributed by atoms with Crippen molar-refractivity contribution in [3.8, 4) is 0 Å². The molecule has 3 rings (SSSR count). The second kappa shape index (κ2) is 6.98. The lowest BCUT2D eigenvalue weighted by Gasteiger charge is -2.07. The smallest absolute Gasteiger partial charge is 0.279 e. The lowest BCUT2D eigenvalue weighted by Crippen LogP contribution is -2.15. The van der Waals surface area contributed by atoms with Gasteiger partial charge >= 0.3 is 0 Å². The number of aryl methyl sites for hydroxylation is 1. The van der Waals surface area contributed by atoms with Crippen LogP contribution in [0.2, 0.25) is 5.02 Å². The molecule has 26 heavy (non-hydrogen) atoms. The first kappa shape index (κ1) is 18.8. The predicted octanol–water partition coefficient (Wildman–Crippen LogP) is 3.82. The molecule has 3 aromatic rings. The molecule has 0 aliphatic rings. The van der Waals surface area contributed by atoms with Gasteiger partial charge in [0.25, 0.3) is 5.91 Å². The highest BCUT2D eigenvalue weighted by Gasteiger charge is 2.19. The lowest BCUT2D eigenvalue weighted by atomic mass is 10.2. The normalized spacial score (nSPS) is 12.9. The fraction of sp³-hybridized carbons (Fsp3) is 0.222. The van der Waals surface area contributed by atoms with Gasteiger partial charge in [0, 0.05) is 12.6 Å². The molecule has 0 aliphatic carbocycles. The van der Waals surface area contributed by atoms with Crippen LogP contribution in [0, 0.1) is 0 Å². The highest BCUT2D eigenvalue weighted by molar-refractivity contribution is 7.92. The number of benzene rings is 2. The second-order valence-electron chi connectivity index (χ2n) is 6.07. The summed E-state index contributed by atoms with van der Waals surface area (Å²) in [7, 11) is -1.56. The number of fused-ring (bicyclic) bond motifs is 1. The first-order chi connectivity index (χ1) is 12.2. The molecule has 0 spiro atoms. The van der Waals surface area contributed by atoms with E-state index < -0.39 is 21.0 Å². The molecular formula is C18H17ClN2O3S2. The zero-order valence-electron chi connectivity index (χ0n) is 14.4. The number of nitrogens with zero attached hydrogens (tertiary/aromatic N) is 2. The van der Waals surface area contributed by atoms with Gasteiger partial charge in [-0.2, -0.15) is 4.99 Å². The molecule has 0 aliphatic heterocycles. The molecule has 0 unspecified atom stereocenters. The van der Waals surface area contributed by atoms with Crippen LogP contribution < -0.4 is 4.80 Å². The standard InChI is InChI=1S/C18H17ClN2O3S2/c1-11(2)26(23,24)13-9-7-12(8-10-13)17(22)20-18-21(3)16-14(19)5-4-6-15(16)25-18/h4-11H,1-3H3. The van der Waals surface area contributed by atoms with Crippen molar-refractivity contribution in [2.45, 2.75) is 24.0 Å². The Morgan fingerprint density at radius 2 is 1.81 bits per heavy atom. The van der Waals surface area contributed by atoms with Crippen LogP contribution in [0.1, 0.15) is 24.2 Å². The van der Waals surface area contributed by atoms with Crippen molar-refractivity contribution in [2.24, 2.45) is 12.0 Å². The molecular weight excluding hydrogens is 392 g/mol. The maximum absolute atomic E-state index is 12.5. The van der Waals surface area contributed by atoms with Gasteiger partial charge in [0.15, 0.2) is 14.6 Å². The van der Waals surface area contributed by atoms with Gasteiger partial charge in [0.05, 0.1) is 25.4 Å². The first-order valence-corrected chi connectivity index (χ1v) is 10.6. The van der Waals surface area contributed by atoms with Gasteiger partial charge < -0.3 is 4.57 Å². The number of halogens is 1. The molecule has 0 atom stereocenters. The number of para-hydroxylation sites is 1. The van der Waals surface area contributed by atoms with Crippen LogP contribution in [0.5, 0.6) is 0 Å². The Labute approximate surface area is 160 Å². The monoisotopic (exact) mass is 408 g/mol. The predicted molar refractivity (Wildman–Crippen MR) is 104 cm³/mol. The van der Waals surface area contributed by atoms with Crippen LogP contribution in [0.15, 0.2) is 52.4 Å². The topological polar surface area (TPSA) is 68.5 Å². The second-order valence-corrected chi connectivity index (χ2v) is 9.99. The van der Waals surface area contributed by atoms with E-state index in [0.717, 1.165) is 10.2 Å². The maximum atomic E-state index is 12.5. The highest BCUT2D eigenvalue weighted by atomic mass is 35.5. The van der Waals surface area contributed by atoms with Gasteiger partial charge in [-0.3, -0.25) is 4.79 Å². The fourth-order valence-electron chi connectivity index (χ4n) is 2.47. The summed E-state index contributed by atoms with van der Waals surface area (Å²) in [4.78, 5) is 17.4. The van der Waals surface area contributed by atoms with Gasteiger partial charge in [0.2, 0.25) is 0 Å². The van der Waals surface area contributed by atoms with E-state index in [2.05, 4.69) is 4.99 Å². The summed E-state index contributed by atoms with van der Waals surface area (Å²) in [6.45, 7) is 3.24. The zero-order chi connectivity index (χ0) is 19.1. The van der Waals surface area contributed by atoms with Gasteiger partial charge in [-0.05, 0) is 50.2 Å². The van der Waals surface area contributed by atoms with Crippen LogP contribution in [-0.2, 0) is 16.9 Å². The number of carbonyl (C=O) groups excluding carboxylic acids is 1. The van der Waals surface area contributed by atoms with Crippen molar-refractivity contribution in [3.05, 3.63) is 57.9 Å². The van der Waals surface area contributed by atoms with Gasteiger partial charge in [-0.25, -0.2) is 8.42 Å². The fourth-order valence-corrected chi connectivity index (χ4v) is 4.94. The van der Waals surface area contributed by atoms with E-state index in [1.807, 2.05) is 12.1 Å². The van der Waals surface area contributed by atoms with Gasteiger partial charge in [0.1, 0.15) is 0 Å². The molecule has 2 aromatic carbocycles. The lowest BCUT2D eigenvalue weighted by molar-refractivity contribution is 0.0998. The third-order valence-corrected chi connectivity index (χ3v) is 7.59. The third-order valence-electron chi connectivity index (χ3n) is 4.02. The number of aromatic nitrogens is 1. The van der Waals surface area contributed by atoms with Crippen LogP contribution in [0.4, 0.5) is 0 Å². The number of carbonyl (C=O) groups is 1. The molecule has 0 saturated carbocycles. The molecule has 0 saturated heterocycles. The van der Waals surface area contributed by atoms with E-state index in [0.29, 0.717) is 15.4 Å². The highest BCUT2D eigenvalue weighted by Crippen LogP contribution is 2.24. The number of hydrogen-bond donors (Lipinski definition) is 0. The Bertz CT molecular complexity index is 1160. The molecule has 1 heterocycles. The van der Waals surface area contributed by atoms with Crippen LogP contribution >= 0.6 is 22.9 Å². The third kappa shape index (κ3) is 3.34. The zero-order valence-corrected chi connectivity index (χ0v) is 16.8. The molecule has 5 nitrogen and oxygen atoms in total. The Balaban J connectivity index is 2.00. The van der Waals surface area contributed by atoms with Crippen molar-refractivity contribution in [1.29, 1.82) is 0 Å². The molecule has 1 amide bonds. The number of sulfone groups is 1. The molecule has 0 fully saturated rings. The molecule has 0 bridgehead atoms. The van der Waals surface area contributed by atoms with Crippen molar-refractivity contribution in [2.75, 3.05) is 0 Å². The SMILES string of the molecule is CC(C)S(=O)(=O)c1ccc(C(=O)N=c2sc3cccc(Cl)c3n2C)cc1. The molecule has 136 valence electrons. The number of amides is 1.